The number of imidazole rings is 2. The molecule has 6 aromatic rings. The van der Waals surface area contributed by atoms with Gasteiger partial charge in [0, 0.05) is 37.9 Å². The second-order valence-electron chi connectivity index (χ2n) is 21.4. The van der Waals surface area contributed by atoms with Gasteiger partial charge in [0.25, 0.3) is 0 Å². The van der Waals surface area contributed by atoms with Gasteiger partial charge in [0.2, 0.25) is 11.8 Å². The van der Waals surface area contributed by atoms with E-state index < -0.39 is 53.6 Å². The van der Waals surface area contributed by atoms with Gasteiger partial charge in [-0.3, -0.25) is 9.59 Å². The monoisotopic (exact) mass is 1050 g/mol. The Bertz CT molecular complexity index is 3130. The van der Waals surface area contributed by atoms with Crippen molar-refractivity contribution in [3.8, 4) is 0 Å². The van der Waals surface area contributed by atoms with Crippen LogP contribution in [0.25, 0.3) is 22.1 Å². The predicted octanol–water partition coefficient (Wildman–Crippen LogP) is 10.5. The molecule has 0 aliphatic carbocycles. The first-order valence-electron chi connectivity index (χ1n) is 26.4. The molecule has 0 saturated carbocycles. The van der Waals surface area contributed by atoms with E-state index >= 15 is 8.78 Å². The second-order valence-corrected chi connectivity index (χ2v) is 21.4. The molecular formula is C56H64F4N10O6. The number of methoxy groups -OCH3 is 1. The van der Waals surface area contributed by atoms with Crippen LogP contribution >= 0.6 is 0 Å². The van der Waals surface area contributed by atoms with Gasteiger partial charge in [0.15, 0.2) is 11.6 Å². The number of aromatic nitrogens is 4. The molecule has 6 atom stereocenters. The number of carboxylic acid groups (broad SMARTS) is 1. The molecule has 0 bridgehead atoms. The molecule has 0 radical (unpaired) electrons. The van der Waals surface area contributed by atoms with Crippen molar-refractivity contribution < 1.29 is 46.6 Å². The molecule has 4 saturated heterocycles. The van der Waals surface area contributed by atoms with Gasteiger partial charge in [0.1, 0.15) is 41.1 Å². The van der Waals surface area contributed by atoms with E-state index in [2.05, 4.69) is 25.5 Å². The van der Waals surface area contributed by atoms with Gasteiger partial charge >= 0.3 is 12.2 Å². The first-order chi connectivity index (χ1) is 36.5. The Hall–Kier alpha value is -7.38. The molecule has 4 aliphatic heterocycles. The Morgan fingerprint density at radius 2 is 1.11 bits per heavy atom. The van der Waals surface area contributed by atoms with Gasteiger partial charge in [0.05, 0.1) is 53.3 Å². The van der Waals surface area contributed by atoms with E-state index in [1.54, 1.807) is 28.5 Å². The van der Waals surface area contributed by atoms with Crippen molar-refractivity contribution in [3.05, 3.63) is 118 Å². The van der Waals surface area contributed by atoms with Crippen LogP contribution < -0.4 is 20.4 Å². The van der Waals surface area contributed by atoms with Crippen molar-refractivity contribution in [1.29, 1.82) is 0 Å². The summed E-state index contributed by atoms with van der Waals surface area (Å²) in [5, 5.41) is 14.6. The summed E-state index contributed by atoms with van der Waals surface area (Å²) in [6, 6.07) is 14.8. The summed E-state index contributed by atoms with van der Waals surface area (Å²) < 4.78 is 66.7. The Balaban J connectivity index is 0.968. The molecule has 76 heavy (non-hydrogen) atoms. The third-order valence-corrected chi connectivity index (χ3v) is 16.0. The van der Waals surface area contributed by atoms with Crippen molar-refractivity contribution in [2.75, 3.05) is 43.1 Å². The highest BCUT2D eigenvalue weighted by Crippen LogP contribution is 2.49. The number of halogens is 4. The summed E-state index contributed by atoms with van der Waals surface area (Å²) in [5.74, 6) is -2.80. The molecule has 0 spiro atoms. The van der Waals surface area contributed by atoms with Crippen molar-refractivity contribution in [3.63, 3.8) is 0 Å². The van der Waals surface area contributed by atoms with Gasteiger partial charge in [-0.05, 0) is 134 Å². The number of likely N-dealkylation sites (tertiary alicyclic amines) is 2. The minimum Gasteiger partial charge on any atom is -0.465 e. The highest BCUT2D eigenvalue weighted by Gasteiger charge is 2.41. The lowest BCUT2D eigenvalue weighted by atomic mass is 9.89. The van der Waals surface area contributed by atoms with Gasteiger partial charge in [-0.1, -0.05) is 39.8 Å². The Morgan fingerprint density at radius 1 is 0.618 bits per heavy atom. The lowest BCUT2D eigenvalue weighted by Gasteiger charge is -2.36. The second kappa shape index (κ2) is 21.3. The van der Waals surface area contributed by atoms with Crippen LogP contribution in [0.5, 0.6) is 0 Å². The third-order valence-electron chi connectivity index (χ3n) is 16.0. The van der Waals surface area contributed by atoms with E-state index in [0.29, 0.717) is 92.0 Å². The maximum absolute atomic E-state index is 16.8. The number of anilines is 2. The number of fused-ring (bicyclic) bond motifs is 2. The summed E-state index contributed by atoms with van der Waals surface area (Å²) in [4.78, 5) is 75.7. The zero-order valence-electron chi connectivity index (χ0n) is 43.2. The van der Waals surface area contributed by atoms with E-state index in [1.165, 1.54) is 31.4 Å². The zero-order chi connectivity index (χ0) is 53.7. The summed E-state index contributed by atoms with van der Waals surface area (Å²) in [6.45, 7) is 8.82. The van der Waals surface area contributed by atoms with E-state index in [0.717, 1.165) is 34.6 Å². The van der Waals surface area contributed by atoms with Crippen LogP contribution in [0.3, 0.4) is 0 Å². The fourth-order valence-corrected chi connectivity index (χ4v) is 12.2. The highest BCUT2D eigenvalue weighted by atomic mass is 19.1. The molecule has 402 valence electrons. The fraction of sp³-hybridized carbons (Fsp3) is 0.464. The third kappa shape index (κ3) is 10.2. The van der Waals surface area contributed by atoms with Crippen LogP contribution in [0.15, 0.2) is 66.7 Å². The minimum atomic E-state index is -1.27. The summed E-state index contributed by atoms with van der Waals surface area (Å²) in [7, 11) is 1.26. The zero-order valence-corrected chi connectivity index (χ0v) is 43.2. The van der Waals surface area contributed by atoms with Gasteiger partial charge in [-0.2, -0.15) is 0 Å². The Kier molecular flexibility index (Phi) is 14.6. The molecule has 0 unspecified atom stereocenters. The molecule has 4 amide bonds. The normalized spacial score (nSPS) is 21.1. The molecule has 10 rings (SSSR count). The van der Waals surface area contributed by atoms with Crippen LogP contribution in [0.4, 0.5) is 38.5 Å². The Morgan fingerprint density at radius 3 is 1.57 bits per heavy atom. The lowest BCUT2D eigenvalue weighted by Crippen LogP contribution is -2.51. The summed E-state index contributed by atoms with van der Waals surface area (Å²) in [5.41, 5.74) is 5.19. The number of nitrogens with one attached hydrogen (secondary N) is 4. The number of piperidine rings is 1. The predicted molar refractivity (Wildman–Crippen MR) is 278 cm³/mol. The van der Waals surface area contributed by atoms with Crippen LogP contribution in [0.2, 0.25) is 0 Å². The van der Waals surface area contributed by atoms with Crippen molar-refractivity contribution >= 4 is 57.4 Å². The number of rotatable bonds is 13. The van der Waals surface area contributed by atoms with Crippen molar-refractivity contribution in [2.24, 2.45) is 11.8 Å². The van der Waals surface area contributed by atoms with Crippen LogP contribution in [0.1, 0.15) is 137 Å². The number of alkyl carbamates (subject to hydrolysis) is 1. The summed E-state index contributed by atoms with van der Waals surface area (Å²) >= 11 is 0. The first kappa shape index (κ1) is 52.1. The van der Waals surface area contributed by atoms with Crippen molar-refractivity contribution in [2.45, 2.75) is 121 Å². The number of hydrogen-bond acceptors (Lipinski definition) is 9. The largest absolute Gasteiger partial charge is 0.465 e. The lowest BCUT2D eigenvalue weighted by molar-refractivity contribution is -0.136. The number of benzene rings is 4. The minimum absolute atomic E-state index is 0.158. The number of nitrogens with zero attached hydrogens (tertiary/aromatic N) is 6. The quantitative estimate of drug-likeness (QED) is 0.0696. The van der Waals surface area contributed by atoms with Crippen LogP contribution in [0, 0.1) is 35.1 Å². The number of ether oxygens (including phenoxy) is 1. The molecule has 16 nitrogen and oxygen atoms in total. The smallest absolute Gasteiger partial charge is 0.407 e. The number of aromatic amines is 2. The topological polar surface area (TPSA) is 192 Å². The van der Waals surface area contributed by atoms with E-state index in [9.17, 15) is 33.1 Å². The highest BCUT2D eigenvalue weighted by molar-refractivity contribution is 5.87. The molecule has 20 heteroatoms. The molecule has 4 fully saturated rings. The molecule has 2 aromatic heterocycles. The van der Waals surface area contributed by atoms with Gasteiger partial charge < -0.3 is 50.0 Å². The average molecular weight is 1050 g/mol. The number of hydrogen-bond donors (Lipinski definition) is 5. The van der Waals surface area contributed by atoms with E-state index in [4.69, 9.17) is 14.7 Å². The number of carbonyl (C=O) groups is 4. The number of amides is 4. The van der Waals surface area contributed by atoms with Gasteiger partial charge in [-0.15, -0.1) is 0 Å². The average Bonchev–Trinajstić information content (AvgIpc) is 4.26. The standard InChI is InChI=1S/C56H64F4N10O6/c1-29(2)48(65-55(73)74)53(71)68-18-6-8-46(68)51-61-40-12-10-32(24-42(40)63-51)44-14-15-45(70(44)37-27-38(59)50(39(60)28-37)67-20-16-31(17-21-67)34-22-35(57)26-36(58)23-34)33-11-13-41-43(25-33)64-52(62-41)47-9-7-19-69(47)54(72)49(30(3)4)66-56(75)76-5/h10-13,22-31,44-49,65H,6-9,14-21H2,1-5H3,(H,61,63)(H,62,64)(H,66,75)(H,73,74)/t44-,45+,46-,47-,48-,49-/m0/s1. The first-order valence-corrected chi connectivity index (χ1v) is 26.4. The van der Waals surface area contributed by atoms with Crippen LogP contribution in [-0.4, -0.2) is 104 Å². The van der Waals surface area contributed by atoms with Crippen LogP contribution in [-0.2, 0) is 14.3 Å². The van der Waals surface area contributed by atoms with E-state index in [1.807, 2.05) is 50.2 Å². The van der Waals surface area contributed by atoms with E-state index in [-0.39, 0.29) is 66.5 Å². The molecule has 5 N–H and O–H groups in total. The molecule has 4 aromatic carbocycles. The fourth-order valence-electron chi connectivity index (χ4n) is 12.2. The maximum atomic E-state index is 16.8. The van der Waals surface area contributed by atoms with Crippen molar-refractivity contribution in [1.82, 2.24) is 40.4 Å². The summed E-state index contributed by atoms with van der Waals surface area (Å²) in [6.07, 6.45) is 2.91. The molecule has 6 heterocycles. The number of H-pyrrole nitrogens is 2. The number of carbonyl (C=O) groups excluding carboxylic acids is 3. The van der Waals surface area contributed by atoms with Gasteiger partial charge in [-0.25, -0.2) is 37.1 Å². The molecular weight excluding hydrogens is 985 g/mol. The molecule has 4 aliphatic rings. The Labute approximate surface area is 437 Å². The maximum Gasteiger partial charge on any atom is 0.407 e. The SMILES string of the molecule is COC(=O)N[C@H](C(=O)N1CCC[C@H]1c1nc2cc([C@H]3CC[C@@H](c4ccc5[nH]c([C@@H]6CCCN6C(=O)[C@@H](NC(=O)O)C(C)C)nc5c4)N3c3cc(F)c(N4CCC(c5cc(F)cc(F)c5)CC4)c(F)c3)ccc2[nH]1)C(C)C.